The minimum absolute atomic E-state index is 0.787. The molecule has 0 bridgehead atoms. The van der Waals surface area contributed by atoms with Crippen LogP contribution < -0.4 is 0 Å². The highest BCUT2D eigenvalue weighted by Gasteiger charge is 2.19. The molecule has 0 saturated heterocycles. The molecule has 116 valence electrons. The van der Waals surface area contributed by atoms with Crippen LogP contribution in [0.4, 0.5) is 0 Å². The van der Waals surface area contributed by atoms with Gasteiger partial charge >= 0.3 is 7.60 Å². The first-order valence-electron chi connectivity index (χ1n) is 6.83. The molecule has 0 amide bonds. The fourth-order valence-electron chi connectivity index (χ4n) is 1.86. The Morgan fingerprint density at radius 1 is 1.00 bits per heavy atom. The van der Waals surface area contributed by atoms with Gasteiger partial charge in [0.2, 0.25) is 0 Å². The maximum absolute atomic E-state index is 12.4. The summed E-state index contributed by atoms with van der Waals surface area (Å²) in [5.74, 6) is 2.38. The fraction of sp³-hybridized carbons (Fsp3) is 0.176. The second-order valence-electron chi connectivity index (χ2n) is 4.54. The molecule has 0 fully saturated rings. The van der Waals surface area contributed by atoms with E-state index in [1.165, 1.54) is 19.8 Å². The zero-order chi connectivity index (χ0) is 15.8. The molecule has 22 heavy (non-hydrogen) atoms. The Morgan fingerprint density at radius 2 is 1.55 bits per heavy atom. The van der Waals surface area contributed by atoms with Gasteiger partial charge in [-0.25, -0.2) is 0 Å². The number of rotatable bonds is 7. The Balaban J connectivity index is 2.26. The molecule has 3 nitrogen and oxygen atoms in total. The maximum Gasteiger partial charge on any atom is 0.354 e. The summed E-state index contributed by atoms with van der Waals surface area (Å²) in [6, 6.07) is 20.0. The first kappa shape index (κ1) is 17.0. The van der Waals surface area contributed by atoms with E-state index in [1.807, 2.05) is 48.5 Å². The van der Waals surface area contributed by atoms with Crippen LogP contribution in [0.15, 0.2) is 66.5 Å². The molecule has 0 aliphatic carbocycles. The van der Waals surface area contributed by atoms with Crippen molar-refractivity contribution in [2.24, 2.45) is 0 Å². The van der Waals surface area contributed by atoms with Crippen LogP contribution in [0.25, 0.3) is 4.91 Å². The zero-order valence-electron chi connectivity index (χ0n) is 12.6. The van der Waals surface area contributed by atoms with Gasteiger partial charge in [0.25, 0.3) is 0 Å². The second kappa shape index (κ2) is 8.35. The molecular weight excluding hydrogens is 315 g/mol. The first-order chi connectivity index (χ1) is 10.7. The standard InChI is InChI=1S/C17H19O3PS/c1-19-21(18,20-2)13-17(16-11-7-4-8-12-16)22-14-15-9-5-3-6-10-15/h3-13H,14H2,1-2H3/b17-13+. The summed E-state index contributed by atoms with van der Waals surface area (Å²) in [5.41, 5.74) is 2.21. The first-order valence-corrected chi connectivity index (χ1v) is 9.43. The lowest BCUT2D eigenvalue weighted by atomic mass is 10.2. The van der Waals surface area contributed by atoms with Crippen LogP contribution in [-0.4, -0.2) is 14.2 Å². The third-order valence-electron chi connectivity index (χ3n) is 3.08. The molecule has 2 rings (SSSR count). The van der Waals surface area contributed by atoms with Crippen molar-refractivity contribution in [1.82, 2.24) is 0 Å². The third-order valence-corrected chi connectivity index (χ3v) is 5.99. The van der Waals surface area contributed by atoms with Gasteiger partial charge in [0.1, 0.15) is 0 Å². The van der Waals surface area contributed by atoms with Crippen LogP contribution in [0.1, 0.15) is 11.1 Å². The molecule has 0 aliphatic rings. The highest BCUT2D eigenvalue weighted by molar-refractivity contribution is 8.07. The molecule has 2 aromatic rings. The second-order valence-corrected chi connectivity index (χ2v) is 7.62. The van der Waals surface area contributed by atoms with E-state index in [0.29, 0.717) is 0 Å². The summed E-state index contributed by atoms with van der Waals surface area (Å²) in [7, 11) is -0.419. The zero-order valence-corrected chi connectivity index (χ0v) is 14.3. The summed E-state index contributed by atoms with van der Waals surface area (Å²) in [6.07, 6.45) is 0. The Hall–Kier alpha value is -1.32. The van der Waals surface area contributed by atoms with Gasteiger partial charge in [-0.05, 0) is 11.1 Å². The van der Waals surface area contributed by atoms with E-state index >= 15 is 0 Å². The van der Waals surface area contributed by atoms with Crippen LogP contribution in [0.5, 0.6) is 0 Å². The number of hydrogen-bond acceptors (Lipinski definition) is 4. The van der Waals surface area contributed by atoms with Gasteiger partial charge in [0.05, 0.1) is 0 Å². The van der Waals surface area contributed by atoms with Crippen LogP contribution in [0.3, 0.4) is 0 Å². The lowest BCUT2D eigenvalue weighted by Gasteiger charge is -2.13. The molecule has 0 aliphatic heterocycles. The largest absolute Gasteiger partial charge is 0.354 e. The van der Waals surface area contributed by atoms with Crippen LogP contribution >= 0.6 is 19.4 Å². The van der Waals surface area contributed by atoms with Gasteiger partial charge in [-0.1, -0.05) is 60.7 Å². The Kier molecular flexibility index (Phi) is 6.47. The van der Waals surface area contributed by atoms with Gasteiger partial charge in [0.15, 0.2) is 0 Å². The van der Waals surface area contributed by atoms with Crippen molar-refractivity contribution in [3.63, 3.8) is 0 Å². The maximum atomic E-state index is 12.4. The molecular formula is C17H19O3PS. The average molecular weight is 334 g/mol. The predicted octanol–water partition coefficient (Wildman–Crippen LogP) is 5.40. The van der Waals surface area contributed by atoms with Crippen LogP contribution in [-0.2, 0) is 19.4 Å². The van der Waals surface area contributed by atoms with Gasteiger partial charge in [-0.15, -0.1) is 11.8 Å². The Labute approximate surface area is 135 Å². The molecule has 5 heteroatoms. The number of hydrogen-bond donors (Lipinski definition) is 0. The molecule has 0 N–H and O–H groups in total. The number of benzene rings is 2. The van der Waals surface area contributed by atoms with Crippen molar-refractivity contribution < 1.29 is 13.6 Å². The summed E-state index contributed by atoms with van der Waals surface area (Å²) in [6.45, 7) is 0. The van der Waals surface area contributed by atoms with Gasteiger partial charge in [-0.2, -0.15) is 0 Å². The van der Waals surface area contributed by atoms with Crippen molar-refractivity contribution >= 4 is 24.3 Å². The topological polar surface area (TPSA) is 35.5 Å². The highest BCUT2D eigenvalue weighted by atomic mass is 32.2. The Morgan fingerprint density at radius 3 is 2.09 bits per heavy atom. The average Bonchev–Trinajstić information content (AvgIpc) is 2.60. The van der Waals surface area contributed by atoms with Crippen molar-refractivity contribution in [1.29, 1.82) is 0 Å². The van der Waals surface area contributed by atoms with Crippen molar-refractivity contribution in [2.75, 3.05) is 14.2 Å². The van der Waals surface area contributed by atoms with E-state index in [-0.39, 0.29) is 0 Å². The van der Waals surface area contributed by atoms with E-state index in [4.69, 9.17) is 9.05 Å². The molecule has 0 spiro atoms. The molecule has 2 aromatic carbocycles. The highest BCUT2D eigenvalue weighted by Crippen LogP contribution is 2.52. The van der Waals surface area contributed by atoms with Crippen LogP contribution in [0.2, 0.25) is 0 Å². The van der Waals surface area contributed by atoms with E-state index in [9.17, 15) is 4.57 Å². The SMILES string of the molecule is COP(=O)(/C=C(/SCc1ccccc1)c1ccccc1)OC. The van der Waals surface area contributed by atoms with Gasteiger partial charge in [-0.3, -0.25) is 4.57 Å². The molecule has 0 aromatic heterocycles. The lowest BCUT2D eigenvalue weighted by molar-refractivity contribution is 0.286. The minimum atomic E-state index is -3.21. The normalized spacial score (nSPS) is 12.4. The minimum Gasteiger partial charge on any atom is -0.309 e. The lowest BCUT2D eigenvalue weighted by Crippen LogP contribution is -1.88. The molecule has 0 radical (unpaired) electrons. The van der Waals surface area contributed by atoms with E-state index in [1.54, 1.807) is 17.6 Å². The summed E-state index contributed by atoms with van der Waals surface area (Å²) < 4.78 is 22.5. The molecule has 0 heterocycles. The summed E-state index contributed by atoms with van der Waals surface area (Å²) in [5, 5.41) is 0. The summed E-state index contributed by atoms with van der Waals surface area (Å²) >= 11 is 1.61. The quantitative estimate of drug-likeness (QED) is 0.635. The molecule has 0 atom stereocenters. The van der Waals surface area contributed by atoms with Crippen LogP contribution in [0, 0.1) is 0 Å². The van der Waals surface area contributed by atoms with Crippen molar-refractivity contribution in [3.8, 4) is 0 Å². The fourth-order valence-corrected chi connectivity index (χ4v) is 4.16. The van der Waals surface area contributed by atoms with E-state index in [2.05, 4.69) is 12.1 Å². The smallest absolute Gasteiger partial charge is 0.309 e. The number of thioether (sulfide) groups is 1. The van der Waals surface area contributed by atoms with E-state index in [0.717, 1.165) is 16.2 Å². The van der Waals surface area contributed by atoms with Crippen molar-refractivity contribution in [3.05, 3.63) is 77.6 Å². The monoisotopic (exact) mass is 334 g/mol. The van der Waals surface area contributed by atoms with Gasteiger partial charge < -0.3 is 9.05 Å². The van der Waals surface area contributed by atoms with Gasteiger partial charge in [0, 0.05) is 30.7 Å². The predicted molar refractivity (Wildman–Crippen MR) is 93.8 cm³/mol. The molecule has 0 unspecified atom stereocenters. The molecule has 0 saturated carbocycles. The van der Waals surface area contributed by atoms with Crippen molar-refractivity contribution in [2.45, 2.75) is 5.75 Å². The third kappa shape index (κ3) is 4.85. The van der Waals surface area contributed by atoms with E-state index < -0.39 is 7.60 Å². The summed E-state index contributed by atoms with van der Waals surface area (Å²) in [4.78, 5) is 0.886. The Bertz CT molecular complexity index is 648.